The summed E-state index contributed by atoms with van der Waals surface area (Å²) in [5.74, 6) is -3.36. The van der Waals surface area contributed by atoms with Crippen LogP contribution in [0.25, 0.3) is 11.3 Å². The smallest absolute Gasteiger partial charge is 0.309 e. The van der Waals surface area contributed by atoms with Crippen LogP contribution in [0.1, 0.15) is 5.69 Å². The number of carbonyl (C=O) groups is 1. The molecule has 0 aliphatic rings. The number of nitrogens with zero attached hydrogens (tertiary/aromatic N) is 1. The van der Waals surface area contributed by atoms with Gasteiger partial charge in [-0.3, -0.25) is 4.79 Å². The maximum Gasteiger partial charge on any atom is 0.309 e. The average Bonchev–Trinajstić information content (AvgIpc) is 2.32. The van der Waals surface area contributed by atoms with Gasteiger partial charge >= 0.3 is 5.97 Å². The number of halogens is 5. The van der Waals surface area contributed by atoms with Crippen molar-refractivity contribution in [3.05, 3.63) is 50.6 Å². The lowest BCUT2D eigenvalue weighted by molar-refractivity contribution is -0.136. The van der Waals surface area contributed by atoms with Crippen LogP contribution in [0.2, 0.25) is 15.1 Å². The van der Waals surface area contributed by atoms with Crippen LogP contribution >= 0.6 is 34.8 Å². The SMILES string of the molecule is O=C(O)Cc1nc(-c2c(Cl)cc(Cl)cc2Cl)c(F)cc1F. The molecule has 0 atom stereocenters. The van der Waals surface area contributed by atoms with Gasteiger partial charge in [0.1, 0.15) is 11.5 Å². The molecular weight excluding hydrogens is 347 g/mol. The van der Waals surface area contributed by atoms with Gasteiger partial charge in [0.15, 0.2) is 5.82 Å². The van der Waals surface area contributed by atoms with Gasteiger partial charge in [-0.1, -0.05) is 34.8 Å². The number of aliphatic carboxylic acids is 1. The third kappa shape index (κ3) is 3.43. The highest BCUT2D eigenvalue weighted by Crippen LogP contribution is 2.37. The molecule has 1 aromatic carbocycles. The van der Waals surface area contributed by atoms with Gasteiger partial charge in [0, 0.05) is 16.7 Å². The van der Waals surface area contributed by atoms with E-state index in [4.69, 9.17) is 39.9 Å². The largest absolute Gasteiger partial charge is 0.481 e. The molecule has 110 valence electrons. The lowest BCUT2D eigenvalue weighted by Gasteiger charge is -2.10. The number of carboxylic acid groups (broad SMARTS) is 1. The maximum absolute atomic E-state index is 13.9. The lowest BCUT2D eigenvalue weighted by atomic mass is 10.1. The summed E-state index contributed by atoms with van der Waals surface area (Å²) in [5, 5.41) is 8.98. The van der Waals surface area contributed by atoms with Crippen molar-refractivity contribution in [2.75, 3.05) is 0 Å². The number of carboxylic acids is 1. The van der Waals surface area contributed by atoms with Crippen LogP contribution in [0.5, 0.6) is 0 Å². The van der Waals surface area contributed by atoms with Crippen molar-refractivity contribution in [2.24, 2.45) is 0 Å². The van der Waals surface area contributed by atoms with E-state index in [1.165, 1.54) is 12.1 Å². The first kappa shape index (κ1) is 15.9. The highest BCUT2D eigenvalue weighted by molar-refractivity contribution is 6.41. The second-order valence-corrected chi connectivity index (χ2v) is 5.31. The summed E-state index contributed by atoms with van der Waals surface area (Å²) >= 11 is 17.7. The first-order chi connectivity index (χ1) is 9.79. The normalized spacial score (nSPS) is 10.7. The van der Waals surface area contributed by atoms with Gasteiger partial charge < -0.3 is 5.11 Å². The monoisotopic (exact) mass is 351 g/mol. The van der Waals surface area contributed by atoms with Crippen LogP contribution in [-0.4, -0.2) is 16.1 Å². The molecule has 1 heterocycles. The summed E-state index contributed by atoms with van der Waals surface area (Å²) in [6.45, 7) is 0. The topological polar surface area (TPSA) is 50.2 Å². The molecule has 0 radical (unpaired) electrons. The van der Waals surface area contributed by atoms with Crippen molar-refractivity contribution < 1.29 is 18.7 Å². The van der Waals surface area contributed by atoms with E-state index in [-0.39, 0.29) is 26.3 Å². The van der Waals surface area contributed by atoms with E-state index >= 15 is 0 Å². The van der Waals surface area contributed by atoms with Gasteiger partial charge in [-0.25, -0.2) is 13.8 Å². The van der Waals surface area contributed by atoms with E-state index in [9.17, 15) is 13.6 Å². The minimum atomic E-state index is -1.30. The predicted octanol–water partition coefficient (Wildman–Crippen LogP) is 4.61. The Morgan fingerprint density at radius 1 is 1.10 bits per heavy atom. The fourth-order valence-corrected chi connectivity index (χ4v) is 2.71. The number of pyridine rings is 1. The number of aromatic nitrogens is 1. The maximum atomic E-state index is 13.9. The minimum absolute atomic E-state index is 0.0202. The Balaban J connectivity index is 2.67. The fraction of sp³-hybridized carbons (Fsp3) is 0.0769. The van der Waals surface area contributed by atoms with Crippen molar-refractivity contribution in [2.45, 2.75) is 6.42 Å². The van der Waals surface area contributed by atoms with Crippen LogP contribution in [0.15, 0.2) is 18.2 Å². The third-order valence-corrected chi connectivity index (χ3v) is 3.38. The second-order valence-electron chi connectivity index (χ2n) is 4.06. The molecule has 0 fully saturated rings. The van der Waals surface area contributed by atoms with Gasteiger partial charge in [0.2, 0.25) is 0 Å². The molecule has 2 aromatic rings. The molecule has 0 saturated heterocycles. The van der Waals surface area contributed by atoms with E-state index < -0.39 is 29.7 Å². The number of hydrogen-bond donors (Lipinski definition) is 1. The van der Waals surface area contributed by atoms with E-state index in [1.807, 2.05) is 0 Å². The first-order valence-electron chi connectivity index (χ1n) is 5.51. The van der Waals surface area contributed by atoms with Gasteiger partial charge in [-0.05, 0) is 12.1 Å². The molecule has 2 rings (SSSR count). The summed E-state index contributed by atoms with van der Waals surface area (Å²) in [6.07, 6.45) is -0.693. The second kappa shape index (κ2) is 6.13. The molecule has 0 aliphatic heterocycles. The molecular formula is C13H6Cl3F2NO2. The van der Waals surface area contributed by atoms with Crippen molar-refractivity contribution in [3.8, 4) is 11.3 Å². The van der Waals surface area contributed by atoms with Crippen LogP contribution in [0, 0.1) is 11.6 Å². The molecule has 21 heavy (non-hydrogen) atoms. The van der Waals surface area contributed by atoms with Crippen molar-refractivity contribution in [3.63, 3.8) is 0 Å². The third-order valence-electron chi connectivity index (χ3n) is 2.56. The highest BCUT2D eigenvalue weighted by atomic mass is 35.5. The van der Waals surface area contributed by atoms with Gasteiger partial charge in [-0.15, -0.1) is 0 Å². The van der Waals surface area contributed by atoms with Gasteiger partial charge in [0.05, 0.1) is 22.2 Å². The Morgan fingerprint density at radius 3 is 2.19 bits per heavy atom. The standard InChI is InChI=1S/C13H6Cl3F2NO2/c14-5-1-6(15)12(7(16)2-5)13-9(18)3-8(17)10(19-13)4-11(20)21/h1-3H,4H2,(H,20,21). The van der Waals surface area contributed by atoms with E-state index in [0.717, 1.165) is 0 Å². The molecule has 0 bridgehead atoms. The molecule has 3 nitrogen and oxygen atoms in total. The number of hydrogen-bond acceptors (Lipinski definition) is 2. The molecule has 0 spiro atoms. The molecule has 8 heteroatoms. The molecule has 0 unspecified atom stereocenters. The van der Waals surface area contributed by atoms with Crippen molar-refractivity contribution in [1.29, 1.82) is 0 Å². The summed E-state index contributed by atoms with van der Waals surface area (Å²) in [6, 6.07) is 3.19. The Hall–Kier alpha value is -1.43. The fourth-order valence-electron chi connectivity index (χ4n) is 1.72. The van der Waals surface area contributed by atoms with Crippen LogP contribution in [-0.2, 0) is 11.2 Å². The summed E-state index contributed by atoms with van der Waals surface area (Å²) in [7, 11) is 0. The molecule has 0 amide bonds. The van der Waals surface area contributed by atoms with Gasteiger partial charge in [-0.2, -0.15) is 0 Å². The van der Waals surface area contributed by atoms with Crippen LogP contribution in [0.4, 0.5) is 8.78 Å². The summed E-state index contributed by atoms with van der Waals surface area (Å²) in [4.78, 5) is 14.4. The molecule has 0 aliphatic carbocycles. The predicted molar refractivity (Wildman–Crippen MR) is 76.0 cm³/mol. The van der Waals surface area contributed by atoms with Crippen LogP contribution in [0.3, 0.4) is 0 Å². The lowest BCUT2D eigenvalue weighted by Crippen LogP contribution is -2.07. The zero-order chi connectivity index (χ0) is 15.7. The van der Waals surface area contributed by atoms with E-state index in [0.29, 0.717) is 6.07 Å². The number of benzene rings is 1. The quantitative estimate of drug-likeness (QED) is 0.877. The summed E-state index contributed by atoms with van der Waals surface area (Å²) in [5.41, 5.74) is -0.729. The van der Waals surface area contributed by atoms with Crippen molar-refractivity contribution in [1.82, 2.24) is 4.98 Å². The Labute approximate surface area is 133 Å². The first-order valence-corrected chi connectivity index (χ1v) is 6.64. The van der Waals surface area contributed by atoms with Crippen LogP contribution < -0.4 is 0 Å². The van der Waals surface area contributed by atoms with E-state index in [2.05, 4.69) is 4.98 Å². The Morgan fingerprint density at radius 2 is 1.67 bits per heavy atom. The Bertz CT molecular complexity index is 715. The zero-order valence-electron chi connectivity index (χ0n) is 10.1. The molecule has 0 saturated carbocycles. The number of rotatable bonds is 3. The zero-order valence-corrected chi connectivity index (χ0v) is 12.4. The van der Waals surface area contributed by atoms with Gasteiger partial charge in [0.25, 0.3) is 0 Å². The van der Waals surface area contributed by atoms with E-state index in [1.54, 1.807) is 0 Å². The summed E-state index contributed by atoms with van der Waals surface area (Å²) < 4.78 is 27.4. The average molecular weight is 353 g/mol. The Kier molecular flexibility index (Phi) is 4.66. The molecule has 1 N–H and O–H groups in total. The highest BCUT2D eigenvalue weighted by Gasteiger charge is 2.20. The minimum Gasteiger partial charge on any atom is -0.481 e. The van der Waals surface area contributed by atoms with Crippen molar-refractivity contribution >= 4 is 40.8 Å². The molecule has 1 aromatic heterocycles.